The van der Waals surface area contributed by atoms with Crippen LogP contribution in [0.15, 0.2) is 30.3 Å². The van der Waals surface area contributed by atoms with Crippen LogP contribution >= 0.6 is 34.8 Å². The van der Waals surface area contributed by atoms with E-state index in [1.54, 1.807) is 6.07 Å². The summed E-state index contributed by atoms with van der Waals surface area (Å²) in [5.74, 6) is 0.541. The highest BCUT2D eigenvalue weighted by Gasteiger charge is 2.13. The van der Waals surface area contributed by atoms with Gasteiger partial charge in [0.25, 0.3) is 0 Å². The van der Waals surface area contributed by atoms with Crippen molar-refractivity contribution in [3.63, 3.8) is 0 Å². The van der Waals surface area contributed by atoms with Gasteiger partial charge in [0, 0.05) is 10.6 Å². The van der Waals surface area contributed by atoms with Gasteiger partial charge in [-0.15, -0.1) is 0 Å². The van der Waals surface area contributed by atoms with Crippen molar-refractivity contribution in [2.75, 3.05) is 0 Å². The lowest BCUT2D eigenvalue weighted by molar-refractivity contribution is 1.21. The highest BCUT2D eigenvalue weighted by molar-refractivity contribution is 6.41. The van der Waals surface area contributed by atoms with Crippen LogP contribution in [0, 0.1) is 13.8 Å². The molecular formula is C16H11Cl3N2. The molecule has 2 nitrogen and oxygen atoms in total. The fourth-order valence-corrected chi connectivity index (χ4v) is 2.89. The molecule has 0 saturated carbocycles. The molecule has 5 heteroatoms. The van der Waals surface area contributed by atoms with E-state index in [1.807, 2.05) is 38.1 Å². The number of hydrogen-bond acceptors (Lipinski definition) is 2. The van der Waals surface area contributed by atoms with Crippen LogP contribution in [0.2, 0.25) is 15.2 Å². The summed E-state index contributed by atoms with van der Waals surface area (Å²) in [7, 11) is 0. The van der Waals surface area contributed by atoms with Gasteiger partial charge in [0.1, 0.15) is 5.15 Å². The van der Waals surface area contributed by atoms with Crippen LogP contribution in [-0.2, 0) is 0 Å². The lowest BCUT2D eigenvalue weighted by Gasteiger charge is -2.09. The van der Waals surface area contributed by atoms with E-state index in [9.17, 15) is 0 Å². The Labute approximate surface area is 137 Å². The van der Waals surface area contributed by atoms with Crippen molar-refractivity contribution in [3.05, 3.63) is 56.7 Å². The van der Waals surface area contributed by atoms with Gasteiger partial charge < -0.3 is 0 Å². The number of halogens is 3. The van der Waals surface area contributed by atoms with Gasteiger partial charge in [-0.2, -0.15) is 0 Å². The van der Waals surface area contributed by atoms with Crippen LogP contribution in [0.4, 0.5) is 0 Å². The Hall–Kier alpha value is -1.35. The van der Waals surface area contributed by atoms with E-state index in [1.165, 1.54) is 0 Å². The number of fused-ring (bicyclic) bond motifs is 1. The predicted octanol–water partition coefficient (Wildman–Crippen LogP) is 5.87. The number of rotatable bonds is 1. The fourth-order valence-electron chi connectivity index (χ4n) is 2.15. The molecule has 3 rings (SSSR count). The molecule has 0 fully saturated rings. The molecule has 2 aromatic carbocycles. The highest BCUT2D eigenvalue weighted by atomic mass is 35.5. The fraction of sp³-hybridized carbons (Fsp3) is 0.125. The molecule has 3 aromatic rings. The molecule has 106 valence electrons. The van der Waals surface area contributed by atoms with Crippen LogP contribution in [0.1, 0.15) is 11.1 Å². The van der Waals surface area contributed by atoms with E-state index in [-0.39, 0.29) is 0 Å². The van der Waals surface area contributed by atoms with Crippen LogP contribution < -0.4 is 0 Å². The van der Waals surface area contributed by atoms with Crippen LogP contribution in [0.3, 0.4) is 0 Å². The van der Waals surface area contributed by atoms with E-state index >= 15 is 0 Å². The Morgan fingerprint density at radius 1 is 0.810 bits per heavy atom. The summed E-state index contributed by atoms with van der Waals surface area (Å²) in [6.07, 6.45) is 0. The van der Waals surface area contributed by atoms with Gasteiger partial charge in [0.15, 0.2) is 5.82 Å². The zero-order valence-corrected chi connectivity index (χ0v) is 13.7. The summed E-state index contributed by atoms with van der Waals surface area (Å²) in [5.41, 5.74) is 3.59. The van der Waals surface area contributed by atoms with Gasteiger partial charge in [0.05, 0.1) is 15.9 Å². The summed E-state index contributed by atoms with van der Waals surface area (Å²) in [5, 5.41) is 2.25. The van der Waals surface area contributed by atoms with E-state index < -0.39 is 0 Å². The Kier molecular flexibility index (Phi) is 3.78. The molecule has 0 saturated heterocycles. The van der Waals surface area contributed by atoms with Crippen molar-refractivity contribution in [2.45, 2.75) is 13.8 Å². The van der Waals surface area contributed by atoms with Crippen molar-refractivity contribution >= 4 is 45.7 Å². The molecule has 0 aliphatic carbocycles. The van der Waals surface area contributed by atoms with Gasteiger partial charge in [0.2, 0.25) is 0 Å². The topological polar surface area (TPSA) is 25.8 Å². The first-order chi connectivity index (χ1) is 9.97. The summed E-state index contributed by atoms with van der Waals surface area (Å²) in [4.78, 5) is 8.95. The SMILES string of the molecule is Cc1ccc(-c2nc(Cl)c3c(Cl)ccc(C)c3n2)cc1Cl. The quantitative estimate of drug-likeness (QED) is 0.519. The first kappa shape index (κ1) is 14.6. The molecule has 0 radical (unpaired) electrons. The van der Waals surface area contributed by atoms with Crippen LogP contribution in [-0.4, -0.2) is 9.97 Å². The Bertz CT molecular complexity index is 860. The van der Waals surface area contributed by atoms with Gasteiger partial charge in [-0.05, 0) is 37.1 Å². The normalized spacial score (nSPS) is 11.1. The minimum absolute atomic E-state index is 0.348. The van der Waals surface area contributed by atoms with Gasteiger partial charge in [-0.3, -0.25) is 0 Å². The number of hydrogen-bond donors (Lipinski definition) is 0. The largest absolute Gasteiger partial charge is 0.228 e. The average Bonchev–Trinajstić information content (AvgIpc) is 2.45. The molecule has 0 amide bonds. The highest BCUT2D eigenvalue weighted by Crippen LogP contribution is 2.32. The summed E-state index contributed by atoms with van der Waals surface area (Å²) in [6, 6.07) is 9.42. The van der Waals surface area contributed by atoms with E-state index in [0.717, 1.165) is 22.2 Å². The Balaban J connectivity index is 2.30. The maximum atomic E-state index is 6.29. The summed E-state index contributed by atoms with van der Waals surface area (Å²) >= 11 is 18.7. The first-order valence-corrected chi connectivity index (χ1v) is 7.49. The van der Waals surface area contributed by atoms with E-state index in [2.05, 4.69) is 9.97 Å². The molecule has 1 aromatic heterocycles. The monoisotopic (exact) mass is 336 g/mol. The molecule has 0 N–H and O–H groups in total. The smallest absolute Gasteiger partial charge is 0.161 e. The number of aryl methyl sites for hydroxylation is 2. The lowest BCUT2D eigenvalue weighted by Crippen LogP contribution is -1.94. The molecule has 0 bridgehead atoms. The van der Waals surface area contributed by atoms with Gasteiger partial charge in [-0.1, -0.05) is 53.0 Å². The second-order valence-corrected chi connectivity index (χ2v) is 6.06. The van der Waals surface area contributed by atoms with Crippen molar-refractivity contribution < 1.29 is 0 Å². The molecular weight excluding hydrogens is 327 g/mol. The third-order valence-corrected chi connectivity index (χ3v) is 4.38. The van der Waals surface area contributed by atoms with Crippen molar-refractivity contribution in [3.8, 4) is 11.4 Å². The molecule has 21 heavy (non-hydrogen) atoms. The molecule has 0 spiro atoms. The number of benzene rings is 2. The van der Waals surface area contributed by atoms with Gasteiger partial charge in [-0.25, -0.2) is 9.97 Å². The summed E-state index contributed by atoms with van der Waals surface area (Å²) in [6.45, 7) is 3.91. The van der Waals surface area contributed by atoms with E-state index in [0.29, 0.717) is 26.4 Å². The predicted molar refractivity (Wildman–Crippen MR) is 89.5 cm³/mol. The van der Waals surface area contributed by atoms with Gasteiger partial charge >= 0.3 is 0 Å². The third-order valence-electron chi connectivity index (χ3n) is 3.39. The first-order valence-electron chi connectivity index (χ1n) is 6.36. The Morgan fingerprint density at radius 3 is 2.24 bits per heavy atom. The van der Waals surface area contributed by atoms with Crippen molar-refractivity contribution in [1.29, 1.82) is 0 Å². The maximum Gasteiger partial charge on any atom is 0.161 e. The zero-order valence-electron chi connectivity index (χ0n) is 11.4. The lowest BCUT2D eigenvalue weighted by atomic mass is 10.1. The summed E-state index contributed by atoms with van der Waals surface area (Å²) < 4.78 is 0. The van der Waals surface area contributed by atoms with Crippen LogP contribution in [0.25, 0.3) is 22.3 Å². The standard InChI is InChI=1S/C16H11Cl3N2/c1-8-3-5-10(7-12(8)18)16-20-14-9(2)4-6-11(17)13(14)15(19)21-16/h3-7H,1-2H3. The average molecular weight is 338 g/mol. The number of aromatic nitrogens is 2. The second kappa shape index (κ2) is 5.45. The molecule has 0 unspecified atom stereocenters. The van der Waals surface area contributed by atoms with Crippen LogP contribution in [0.5, 0.6) is 0 Å². The minimum atomic E-state index is 0.348. The van der Waals surface area contributed by atoms with E-state index in [4.69, 9.17) is 34.8 Å². The second-order valence-electron chi connectivity index (χ2n) is 4.89. The molecule has 0 aliphatic heterocycles. The molecule has 1 heterocycles. The minimum Gasteiger partial charge on any atom is -0.228 e. The third kappa shape index (κ3) is 2.59. The zero-order chi connectivity index (χ0) is 15.1. The van der Waals surface area contributed by atoms with Crippen molar-refractivity contribution in [1.82, 2.24) is 9.97 Å². The maximum absolute atomic E-state index is 6.29. The molecule has 0 aliphatic rings. The Morgan fingerprint density at radius 2 is 1.52 bits per heavy atom. The van der Waals surface area contributed by atoms with Crippen molar-refractivity contribution in [2.24, 2.45) is 0 Å². The molecule has 0 atom stereocenters. The number of nitrogens with zero attached hydrogens (tertiary/aromatic N) is 2.